The molecular formula is C16H18BrNO. The zero-order valence-electron chi connectivity index (χ0n) is 11.2. The van der Waals surface area contributed by atoms with Crippen molar-refractivity contribution in [1.29, 1.82) is 0 Å². The zero-order chi connectivity index (χ0) is 13.7. The Morgan fingerprint density at radius 1 is 1.16 bits per heavy atom. The summed E-state index contributed by atoms with van der Waals surface area (Å²) in [7, 11) is 3.68. The molecule has 1 unspecified atom stereocenters. The van der Waals surface area contributed by atoms with Gasteiger partial charge in [-0.25, -0.2) is 0 Å². The van der Waals surface area contributed by atoms with Gasteiger partial charge in [0.05, 0.1) is 7.11 Å². The van der Waals surface area contributed by atoms with E-state index in [4.69, 9.17) is 4.74 Å². The summed E-state index contributed by atoms with van der Waals surface area (Å²) in [5, 5.41) is 3.37. The fourth-order valence-electron chi connectivity index (χ4n) is 2.11. The summed E-state index contributed by atoms with van der Waals surface area (Å²) in [5.41, 5.74) is 2.58. The molecule has 0 amide bonds. The average Bonchev–Trinajstić information content (AvgIpc) is 2.45. The maximum absolute atomic E-state index is 5.18. The Morgan fingerprint density at radius 3 is 2.47 bits per heavy atom. The highest BCUT2D eigenvalue weighted by Crippen LogP contribution is 2.22. The summed E-state index contributed by atoms with van der Waals surface area (Å²) in [6, 6.07) is 17.0. The maximum Gasteiger partial charge on any atom is 0.118 e. The number of halogens is 1. The Kier molecular flexibility index (Phi) is 5.00. The average molecular weight is 320 g/mol. The summed E-state index contributed by atoms with van der Waals surface area (Å²) < 4.78 is 6.29. The van der Waals surface area contributed by atoms with Crippen LogP contribution in [0.15, 0.2) is 53.0 Å². The van der Waals surface area contributed by atoms with Crippen molar-refractivity contribution in [2.24, 2.45) is 0 Å². The van der Waals surface area contributed by atoms with Gasteiger partial charge in [0.2, 0.25) is 0 Å². The van der Waals surface area contributed by atoms with Gasteiger partial charge in [-0.1, -0.05) is 40.2 Å². The van der Waals surface area contributed by atoms with E-state index in [1.165, 1.54) is 11.1 Å². The van der Waals surface area contributed by atoms with Crippen LogP contribution in [0.25, 0.3) is 0 Å². The molecule has 0 fully saturated rings. The molecule has 2 aromatic carbocycles. The maximum atomic E-state index is 5.18. The lowest BCUT2D eigenvalue weighted by Crippen LogP contribution is -2.18. The first-order valence-electron chi connectivity index (χ1n) is 6.28. The second-order valence-electron chi connectivity index (χ2n) is 4.45. The number of hydrogen-bond donors (Lipinski definition) is 1. The molecule has 1 N–H and O–H groups in total. The minimum Gasteiger partial charge on any atom is -0.497 e. The number of nitrogens with one attached hydrogen (secondary N) is 1. The first-order valence-corrected chi connectivity index (χ1v) is 7.08. The molecule has 0 saturated heterocycles. The van der Waals surface area contributed by atoms with Crippen LogP contribution in [0.2, 0.25) is 0 Å². The van der Waals surface area contributed by atoms with E-state index in [0.29, 0.717) is 6.04 Å². The molecule has 0 aromatic heterocycles. The van der Waals surface area contributed by atoms with Crippen molar-refractivity contribution in [2.45, 2.75) is 12.5 Å². The number of methoxy groups -OCH3 is 1. The minimum absolute atomic E-state index is 0.311. The topological polar surface area (TPSA) is 21.3 Å². The van der Waals surface area contributed by atoms with Crippen LogP contribution in [0.1, 0.15) is 17.2 Å². The number of likely N-dealkylation sites (N-methyl/N-ethyl adjacent to an activating group) is 1. The quantitative estimate of drug-likeness (QED) is 0.900. The van der Waals surface area contributed by atoms with Crippen molar-refractivity contribution in [2.75, 3.05) is 14.2 Å². The fourth-order valence-corrected chi connectivity index (χ4v) is 2.52. The molecule has 0 spiro atoms. The fraction of sp³-hybridized carbons (Fsp3) is 0.250. The molecule has 0 aliphatic carbocycles. The van der Waals surface area contributed by atoms with Crippen LogP contribution in [0.5, 0.6) is 5.75 Å². The van der Waals surface area contributed by atoms with E-state index in [-0.39, 0.29) is 0 Å². The molecule has 0 bridgehead atoms. The van der Waals surface area contributed by atoms with Gasteiger partial charge in [0.1, 0.15) is 5.75 Å². The highest BCUT2D eigenvalue weighted by molar-refractivity contribution is 9.10. The third kappa shape index (κ3) is 3.82. The lowest BCUT2D eigenvalue weighted by Gasteiger charge is -2.17. The van der Waals surface area contributed by atoms with Gasteiger partial charge in [-0.3, -0.25) is 0 Å². The van der Waals surface area contributed by atoms with Crippen molar-refractivity contribution in [1.82, 2.24) is 5.32 Å². The first-order chi connectivity index (χ1) is 9.22. The predicted octanol–water partition coefficient (Wildman–Crippen LogP) is 3.96. The standard InChI is InChI=1S/C16H18BrNO/c1-18-16(13-4-3-5-14(17)11-13)10-12-6-8-15(19-2)9-7-12/h3-9,11,16,18H,10H2,1-2H3. The van der Waals surface area contributed by atoms with Crippen molar-refractivity contribution in [3.05, 3.63) is 64.1 Å². The normalized spacial score (nSPS) is 12.2. The summed E-state index contributed by atoms with van der Waals surface area (Å²) in [5.74, 6) is 0.896. The number of rotatable bonds is 5. The molecule has 100 valence electrons. The number of ether oxygens (including phenoxy) is 1. The van der Waals surface area contributed by atoms with Gasteiger partial charge in [0.25, 0.3) is 0 Å². The molecule has 19 heavy (non-hydrogen) atoms. The van der Waals surface area contributed by atoms with E-state index in [1.54, 1.807) is 7.11 Å². The van der Waals surface area contributed by atoms with Crippen LogP contribution >= 0.6 is 15.9 Å². The second-order valence-corrected chi connectivity index (χ2v) is 5.36. The van der Waals surface area contributed by atoms with E-state index in [2.05, 4.69) is 51.6 Å². The van der Waals surface area contributed by atoms with E-state index in [0.717, 1.165) is 16.6 Å². The minimum atomic E-state index is 0.311. The third-order valence-corrected chi connectivity index (χ3v) is 3.69. The molecule has 3 heteroatoms. The van der Waals surface area contributed by atoms with Gasteiger partial charge >= 0.3 is 0 Å². The Labute approximate surface area is 122 Å². The predicted molar refractivity (Wildman–Crippen MR) is 82.6 cm³/mol. The highest BCUT2D eigenvalue weighted by Gasteiger charge is 2.10. The summed E-state index contributed by atoms with van der Waals surface area (Å²) in [4.78, 5) is 0. The van der Waals surface area contributed by atoms with Crippen molar-refractivity contribution < 1.29 is 4.74 Å². The Hall–Kier alpha value is -1.32. The van der Waals surface area contributed by atoms with Crippen LogP contribution in [-0.2, 0) is 6.42 Å². The van der Waals surface area contributed by atoms with Crippen molar-refractivity contribution >= 4 is 15.9 Å². The Balaban J connectivity index is 2.14. The number of benzene rings is 2. The van der Waals surface area contributed by atoms with Gasteiger partial charge in [0.15, 0.2) is 0 Å². The van der Waals surface area contributed by atoms with Crippen molar-refractivity contribution in [3.63, 3.8) is 0 Å². The summed E-state index contributed by atoms with van der Waals surface area (Å²) in [6.07, 6.45) is 0.955. The molecule has 2 aromatic rings. The molecular weight excluding hydrogens is 302 g/mol. The van der Waals surface area contributed by atoms with Crippen LogP contribution in [0, 0.1) is 0 Å². The SMILES string of the molecule is CNC(Cc1ccc(OC)cc1)c1cccc(Br)c1. The molecule has 0 radical (unpaired) electrons. The van der Waals surface area contributed by atoms with Crippen LogP contribution in [-0.4, -0.2) is 14.2 Å². The van der Waals surface area contributed by atoms with Crippen LogP contribution in [0.4, 0.5) is 0 Å². The van der Waals surface area contributed by atoms with Gasteiger partial charge in [-0.15, -0.1) is 0 Å². The lowest BCUT2D eigenvalue weighted by molar-refractivity contribution is 0.414. The Bertz CT molecular complexity index is 525. The number of hydrogen-bond acceptors (Lipinski definition) is 2. The van der Waals surface area contributed by atoms with E-state index >= 15 is 0 Å². The summed E-state index contributed by atoms with van der Waals surface area (Å²) >= 11 is 3.52. The molecule has 0 aliphatic rings. The molecule has 2 rings (SSSR count). The molecule has 1 atom stereocenters. The molecule has 0 saturated carbocycles. The zero-order valence-corrected chi connectivity index (χ0v) is 12.8. The molecule has 0 aliphatic heterocycles. The van der Waals surface area contributed by atoms with Gasteiger partial charge in [-0.05, 0) is 48.9 Å². The van der Waals surface area contributed by atoms with Gasteiger partial charge in [-0.2, -0.15) is 0 Å². The first kappa shape index (κ1) is 14.1. The molecule has 0 heterocycles. The van der Waals surface area contributed by atoms with E-state index in [9.17, 15) is 0 Å². The lowest BCUT2D eigenvalue weighted by atomic mass is 9.99. The second kappa shape index (κ2) is 6.73. The van der Waals surface area contributed by atoms with Crippen LogP contribution < -0.4 is 10.1 Å². The monoisotopic (exact) mass is 319 g/mol. The van der Waals surface area contributed by atoms with Crippen molar-refractivity contribution in [3.8, 4) is 5.75 Å². The third-order valence-electron chi connectivity index (χ3n) is 3.20. The van der Waals surface area contributed by atoms with E-state index in [1.807, 2.05) is 25.2 Å². The molecule has 2 nitrogen and oxygen atoms in total. The largest absolute Gasteiger partial charge is 0.497 e. The Morgan fingerprint density at radius 2 is 1.89 bits per heavy atom. The van der Waals surface area contributed by atoms with Crippen LogP contribution in [0.3, 0.4) is 0 Å². The van der Waals surface area contributed by atoms with E-state index < -0.39 is 0 Å². The van der Waals surface area contributed by atoms with Gasteiger partial charge in [0, 0.05) is 10.5 Å². The summed E-state index contributed by atoms with van der Waals surface area (Å²) in [6.45, 7) is 0. The smallest absolute Gasteiger partial charge is 0.118 e. The highest BCUT2D eigenvalue weighted by atomic mass is 79.9. The van der Waals surface area contributed by atoms with Gasteiger partial charge < -0.3 is 10.1 Å².